The quantitative estimate of drug-likeness (QED) is 0.566. The van der Waals surface area contributed by atoms with E-state index in [1.54, 1.807) is 6.92 Å². The molecule has 0 rings (SSSR count). The maximum Gasteiger partial charge on any atom is 0.130 e. The lowest BCUT2D eigenvalue weighted by molar-refractivity contribution is -0.116. The van der Waals surface area contributed by atoms with Gasteiger partial charge in [0.15, 0.2) is 0 Å². The van der Waals surface area contributed by atoms with Gasteiger partial charge in [-0.05, 0) is 27.2 Å². The van der Waals surface area contributed by atoms with Crippen molar-refractivity contribution in [3.8, 4) is 0 Å². The summed E-state index contributed by atoms with van der Waals surface area (Å²) in [7, 11) is 0. The van der Waals surface area contributed by atoms with Crippen LogP contribution in [0.4, 0.5) is 0 Å². The summed E-state index contributed by atoms with van der Waals surface area (Å²) in [6.45, 7) is 5.72. The molecule has 0 aliphatic heterocycles. The Labute approximate surface area is 68.8 Å². The number of ketones is 1. The second kappa shape index (κ2) is 5.90. The van der Waals surface area contributed by atoms with Crippen molar-refractivity contribution in [3.05, 3.63) is 23.8 Å². The van der Waals surface area contributed by atoms with Crippen molar-refractivity contribution in [1.82, 2.24) is 0 Å². The minimum atomic E-state index is 0.256. The molecular weight excluding hydrogens is 136 g/mol. The Morgan fingerprint density at radius 3 is 2.36 bits per heavy atom. The van der Waals surface area contributed by atoms with Crippen molar-refractivity contribution in [3.63, 3.8) is 0 Å². The zero-order valence-electron chi connectivity index (χ0n) is 7.55. The second-order valence-electron chi connectivity index (χ2n) is 2.91. The zero-order chi connectivity index (χ0) is 8.69. The summed E-state index contributed by atoms with van der Waals surface area (Å²) >= 11 is 0. The van der Waals surface area contributed by atoms with Crippen LogP contribution in [0, 0.1) is 0 Å². The van der Waals surface area contributed by atoms with Crippen molar-refractivity contribution in [2.45, 2.75) is 33.6 Å². The summed E-state index contributed by atoms with van der Waals surface area (Å²) in [5.74, 6) is 0.256. The molecular formula is C10H16O. The Morgan fingerprint density at radius 2 is 1.91 bits per heavy atom. The second-order valence-corrected chi connectivity index (χ2v) is 2.91. The molecule has 1 nitrogen and oxygen atoms in total. The van der Waals surface area contributed by atoms with Gasteiger partial charge in [0.1, 0.15) is 5.78 Å². The van der Waals surface area contributed by atoms with E-state index in [1.807, 2.05) is 18.2 Å². The van der Waals surface area contributed by atoms with E-state index in [1.165, 1.54) is 5.57 Å². The fraction of sp³-hybridized carbons (Fsp3) is 0.500. The number of rotatable bonds is 4. The van der Waals surface area contributed by atoms with E-state index in [0.717, 1.165) is 6.42 Å². The van der Waals surface area contributed by atoms with Gasteiger partial charge in [-0.3, -0.25) is 0 Å². The molecule has 0 radical (unpaired) electrons. The van der Waals surface area contributed by atoms with Gasteiger partial charge < -0.3 is 4.79 Å². The average Bonchev–Trinajstić information content (AvgIpc) is 1.85. The summed E-state index contributed by atoms with van der Waals surface area (Å²) in [6.07, 6.45) is 7.58. The van der Waals surface area contributed by atoms with E-state index >= 15 is 0 Å². The van der Waals surface area contributed by atoms with Crippen molar-refractivity contribution < 1.29 is 4.79 Å². The maximum atomic E-state index is 10.5. The fourth-order valence-electron chi connectivity index (χ4n) is 0.643. The van der Waals surface area contributed by atoms with E-state index in [2.05, 4.69) is 13.8 Å². The first kappa shape index (κ1) is 10.2. The van der Waals surface area contributed by atoms with Crippen LogP contribution >= 0.6 is 0 Å². The molecule has 0 heterocycles. The minimum absolute atomic E-state index is 0.256. The largest absolute Gasteiger partial charge is 0.300 e. The predicted molar refractivity (Wildman–Crippen MR) is 48.5 cm³/mol. The van der Waals surface area contributed by atoms with Gasteiger partial charge in [-0.15, -0.1) is 0 Å². The monoisotopic (exact) mass is 152 g/mol. The number of carbonyl (C=O) groups is 1. The van der Waals surface area contributed by atoms with Crippen molar-refractivity contribution >= 4 is 5.78 Å². The standard InChI is InChI=1S/C10H16O/c1-9(2)7-5-4-6-8-10(3)11/h4-5,7H,6,8H2,1-3H3/b5-4+. The molecule has 0 amide bonds. The number of hydrogen-bond donors (Lipinski definition) is 0. The van der Waals surface area contributed by atoms with Gasteiger partial charge in [0.25, 0.3) is 0 Å². The molecule has 0 aromatic carbocycles. The molecule has 0 unspecified atom stereocenters. The van der Waals surface area contributed by atoms with Gasteiger partial charge in [-0.1, -0.05) is 23.8 Å². The lowest BCUT2D eigenvalue weighted by atomic mass is 10.2. The lowest BCUT2D eigenvalue weighted by Crippen LogP contribution is -1.85. The smallest absolute Gasteiger partial charge is 0.130 e. The lowest BCUT2D eigenvalue weighted by Gasteiger charge is -1.86. The van der Waals surface area contributed by atoms with Crippen molar-refractivity contribution in [1.29, 1.82) is 0 Å². The highest BCUT2D eigenvalue weighted by atomic mass is 16.1. The van der Waals surface area contributed by atoms with Crippen molar-refractivity contribution in [2.75, 3.05) is 0 Å². The third kappa shape index (κ3) is 9.15. The first-order valence-electron chi connectivity index (χ1n) is 3.92. The normalized spacial score (nSPS) is 10.1. The fourth-order valence-corrected chi connectivity index (χ4v) is 0.643. The summed E-state index contributed by atoms with van der Waals surface area (Å²) in [5, 5.41) is 0. The number of Topliss-reactive ketones (excluding diaryl/α,β-unsaturated/α-hetero) is 1. The first-order chi connectivity index (χ1) is 5.13. The van der Waals surface area contributed by atoms with E-state index < -0.39 is 0 Å². The molecule has 0 saturated carbocycles. The molecule has 1 heteroatoms. The van der Waals surface area contributed by atoms with Crippen LogP contribution in [0.2, 0.25) is 0 Å². The van der Waals surface area contributed by atoms with Crippen LogP contribution < -0.4 is 0 Å². The number of allylic oxidation sites excluding steroid dienone is 4. The van der Waals surface area contributed by atoms with Gasteiger partial charge in [-0.2, -0.15) is 0 Å². The predicted octanol–water partition coefficient (Wildman–Crippen LogP) is 2.88. The zero-order valence-corrected chi connectivity index (χ0v) is 7.55. The van der Waals surface area contributed by atoms with Crippen LogP contribution in [0.1, 0.15) is 33.6 Å². The third-order valence-corrected chi connectivity index (χ3v) is 1.23. The van der Waals surface area contributed by atoms with Crippen LogP contribution in [0.5, 0.6) is 0 Å². The number of carbonyl (C=O) groups excluding carboxylic acids is 1. The van der Waals surface area contributed by atoms with Crippen molar-refractivity contribution in [2.24, 2.45) is 0 Å². The van der Waals surface area contributed by atoms with Crippen LogP contribution in [0.25, 0.3) is 0 Å². The van der Waals surface area contributed by atoms with E-state index in [0.29, 0.717) is 6.42 Å². The molecule has 0 bridgehead atoms. The molecule has 0 aliphatic rings. The van der Waals surface area contributed by atoms with E-state index in [4.69, 9.17) is 0 Å². The van der Waals surface area contributed by atoms with Crippen LogP contribution in [-0.2, 0) is 4.79 Å². The van der Waals surface area contributed by atoms with Gasteiger partial charge in [0.2, 0.25) is 0 Å². The Bertz CT molecular complexity index is 171. The molecule has 0 aliphatic carbocycles. The Morgan fingerprint density at radius 1 is 1.27 bits per heavy atom. The molecule has 62 valence electrons. The summed E-state index contributed by atoms with van der Waals surface area (Å²) in [5.41, 5.74) is 1.28. The van der Waals surface area contributed by atoms with Crippen LogP contribution in [-0.4, -0.2) is 5.78 Å². The first-order valence-corrected chi connectivity index (χ1v) is 3.92. The summed E-state index contributed by atoms with van der Waals surface area (Å²) in [4.78, 5) is 10.5. The average molecular weight is 152 g/mol. The maximum absolute atomic E-state index is 10.5. The SMILES string of the molecule is CC(=O)CC/C=C/C=C(C)C. The van der Waals surface area contributed by atoms with Crippen LogP contribution in [0.15, 0.2) is 23.8 Å². The highest BCUT2D eigenvalue weighted by Crippen LogP contribution is 1.94. The van der Waals surface area contributed by atoms with E-state index in [-0.39, 0.29) is 5.78 Å². The topological polar surface area (TPSA) is 17.1 Å². The Hall–Kier alpha value is -0.850. The van der Waals surface area contributed by atoms with Gasteiger partial charge >= 0.3 is 0 Å². The van der Waals surface area contributed by atoms with Crippen LogP contribution in [0.3, 0.4) is 0 Å². The molecule has 0 atom stereocenters. The molecule has 0 spiro atoms. The highest BCUT2D eigenvalue weighted by molar-refractivity contribution is 5.75. The molecule has 0 fully saturated rings. The summed E-state index contributed by atoms with van der Waals surface area (Å²) < 4.78 is 0. The number of hydrogen-bond acceptors (Lipinski definition) is 1. The van der Waals surface area contributed by atoms with Gasteiger partial charge in [0, 0.05) is 6.42 Å². The Balaban J connectivity index is 3.46. The van der Waals surface area contributed by atoms with E-state index in [9.17, 15) is 4.79 Å². The molecule has 0 aromatic heterocycles. The molecule has 0 saturated heterocycles. The molecule has 0 N–H and O–H groups in total. The molecule has 0 aromatic rings. The summed E-state index contributed by atoms with van der Waals surface area (Å²) in [6, 6.07) is 0. The minimum Gasteiger partial charge on any atom is -0.300 e. The Kier molecular flexibility index (Phi) is 5.44. The van der Waals surface area contributed by atoms with Gasteiger partial charge in [-0.25, -0.2) is 0 Å². The molecule has 11 heavy (non-hydrogen) atoms. The highest BCUT2D eigenvalue weighted by Gasteiger charge is 1.86. The third-order valence-electron chi connectivity index (χ3n) is 1.23. The van der Waals surface area contributed by atoms with Gasteiger partial charge in [0.05, 0.1) is 0 Å².